The number of nitrogens with one attached hydrogen (secondary N) is 2. The minimum atomic E-state index is -0.674. The third-order valence-electron chi connectivity index (χ3n) is 2.06. The number of phenols is 1. The molecule has 0 unspecified atom stereocenters. The van der Waals surface area contributed by atoms with Crippen LogP contribution in [0.2, 0.25) is 0 Å². The van der Waals surface area contributed by atoms with Gasteiger partial charge in [0.1, 0.15) is 5.75 Å². The van der Waals surface area contributed by atoms with E-state index in [1.165, 1.54) is 18.2 Å². The van der Waals surface area contributed by atoms with Gasteiger partial charge in [0.15, 0.2) is 5.69 Å². The maximum atomic E-state index is 11.5. The van der Waals surface area contributed by atoms with Gasteiger partial charge in [-0.05, 0) is 6.07 Å². The topological polar surface area (TPSA) is 104 Å². The molecule has 0 spiro atoms. The summed E-state index contributed by atoms with van der Waals surface area (Å²) in [6.45, 7) is 3.88. The summed E-state index contributed by atoms with van der Waals surface area (Å²) in [5.41, 5.74) is -0.556. The van der Waals surface area contributed by atoms with Crippen LogP contribution in [0.25, 0.3) is 0 Å². The number of hydrogen-bond donors (Lipinski definition) is 3. The second kappa shape index (κ2) is 6.36. The predicted octanol–water partition coefficient (Wildman–Crippen LogP) is 1.01. The normalized spacial score (nSPS) is 9.78. The minimum Gasteiger partial charge on any atom is -0.505 e. The zero-order valence-electron chi connectivity index (χ0n) is 9.55. The van der Waals surface area contributed by atoms with Gasteiger partial charge in [-0.2, -0.15) is 0 Å². The molecule has 1 aromatic carbocycles. The van der Waals surface area contributed by atoms with Crippen LogP contribution in [0.3, 0.4) is 0 Å². The Kier molecular flexibility index (Phi) is 4.82. The molecule has 0 heterocycles. The standard InChI is InChI=1S/C11H13N3O4/c1-2-6-12-7-10(16)13-11-8(14(17)18)4-3-5-9(11)15/h2-5,12,15H,1,6-7H2,(H,13,16). The van der Waals surface area contributed by atoms with Crippen molar-refractivity contribution in [3.8, 4) is 5.75 Å². The van der Waals surface area contributed by atoms with Crippen molar-refractivity contribution in [2.24, 2.45) is 0 Å². The lowest BCUT2D eigenvalue weighted by molar-refractivity contribution is -0.384. The third-order valence-corrected chi connectivity index (χ3v) is 2.06. The van der Waals surface area contributed by atoms with Gasteiger partial charge in [-0.3, -0.25) is 14.9 Å². The lowest BCUT2D eigenvalue weighted by atomic mass is 10.2. The Morgan fingerprint density at radius 1 is 1.56 bits per heavy atom. The Bertz CT molecular complexity index is 473. The molecule has 0 fully saturated rings. The molecule has 0 aliphatic heterocycles. The summed E-state index contributed by atoms with van der Waals surface area (Å²) in [5.74, 6) is -0.831. The molecule has 96 valence electrons. The second-order valence-corrected chi connectivity index (χ2v) is 3.40. The maximum Gasteiger partial charge on any atom is 0.296 e. The van der Waals surface area contributed by atoms with Crippen LogP contribution in [-0.2, 0) is 4.79 Å². The van der Waals surface area contributed by atoms with E-state index in [4.69, 9.17) is 0 Å². The van der Waals surface area contributed by atoms with E-state index in [1.54, 1.807) is 6.08 Å². The summed E-state index contributed by atoms with van der Waals surface area (Å²) < 4.78 is 0. The first kappa shape index (κ1) is 13.7. The fourth-order valence-electron chi connectivity index (χ4n) is 1.28. The Balaban J connectivity index is 2.80. The molecule has 1 aromatic rings. The average molecular weight is 251 g/mol. The van der Waals surface area contributed by atoms with Crippen molar-refractivity contribution in [2.45, 2.75) is 0 Å². The highest BCUT2D eigenvalue weighted by atomic mass is 16.6. The predicted molar refractivity (Wildman–Crippen MR) is 66.5 cm³/mol. The molecule has 0 saturated heterocycles. The quantitative estimate of drug-likeness (QED) is 0.230. The molecule has 0 atom stereocenters. The van der Waals surface area contributed by atoms with E-state index in [9.17, 15) is 20.0 Å². The molecule has 0 bridgehead atoms. The molecule has 1 amide bonds. The second-order valence-electron chi connectivity index (χ2n) is 3.40. The van der Waals surface area contributed by atoms with E-state index >= 15 is 0 Å². The van der Waals surface area contributed by atoms with Crippen LogP contribution in [0.5, 0.6) is 5.75 Å². The number of benzene rings is 1. The molecule has 1 rings (SSSR count). The number of para-hydroxylation sites is 1. The molecule has 0 aliphatic rings. The van der Waals surface area contributed by atoms with E-state index in [-0.39, 0.29) is 23.7 Å². The fraction of sp³-hybridized carbons (Fsp3) is 0.182. The first-order valence-electron chi connectivity index (χ1n) is 5.14. The van der Waals surface area contributed by atoms with Gasteiger partial charge in [-0.1, -0.05) is 12.1 Å². The SMILES string of the molecule is C=CCNCC(=O)Nc1c(O)cccc1[N+](=O)[O-]. The van der Waals surface area contributed by atoms with Crippen LogP contribution in [0, 0.1) is 10.1 Å². The Morgan fingerprint density at radius 3 is 2.89 bits per heavy atom. The number of carbonyl (C=O) groups is 1. The number of phenolic OH excluding ortho intramolecular Hbond substituents is 1. The summed E-state index contributed by atoms with van der Waals surface area (Å²) >= 11 is 0. The summed E-state index contributed by atoms with van der Waals surface area (Å²) in [6, 6.07) is 3.80. The van der Waals surface area contributed by atoms with Gasteiger partial charge in [0.2, 0.25) is 5.91 Å². The number of amides is 1. The van der Waals surface area contributed by atoms with Gasteiger partial charge in [0, 0.05) is 12.6 Å². The minimum absolute atomic E-state index is 0.0302. The van der Waals surface area contributed by atoms with Crippen molar-refractivity contribution in [3.05, 3.63) is 41.0 Å². The number of rotatable bonds is 6. The number of hydrogen-bond acceptors (Lipinski definition) is 5. The van der Waals surface area contributed by atoms with Crippen LogP contribution in [-0.4, -0.2) is 29.0 Å². The Hall–Kier alpha value is -2.41. The summed E-state index contributed by atoms with van der Waals surface area (Å²) in [6.07, 6.45) is 1.58. The molecule has 18 heavy (non-hydrogen) atoms. The van der Waals surface area contributed by atoms with Crippen molar-refractivity contribution < 1.29 is 14.8 Å². The van der Waals surface area contributed by atoms with Crippen molar-refractivity contribution in [2.75, 3.05) is 18.4 Å². The van der Waals surface area contributed by atoms with E-state index < -0.39 is 10.8 Å². The van der Waals surface area contributed by atoms with E-state index in [2.05, 4.69) is 17.2 Å². The van der Waals surface area contributed by atoms with Crippen molar-refractivity contribution in [1.82, 2.24) is 5.32 Å². The Morgan fingerprint density at radius 2 is 2.28 bits per heavy atom. The molecule has 7 heteroatoms. The number of anilines is 1. The number of carbonyl (C=O) groups excluding carboxylic acids is 1. The summed E-state index contributed by atoms with van der Waals surface area (Å²) in [5, 5.41) is 25.3. The zero-order valence-corrected chi connectivity index (χ0v) is 9.55. The summed E-state index contributed by atoms with van der Waals surface area (Å²) in [7, 11) is 0. The van der Waals surface area contributed by atoms with Gasteiger partial charge in [-0.25, -0.2) is 0 Å². The highest BCUT2D eigenvalue weighted by Gasteiger charge is 2.18. The maximum absolute atomic E-state index is 11.5. The molecular weight excluding hydrogens is 238 g/mol. The Labute approximate surface area is 103 Å². The van der Waals surface area contributed by atoms with Crippen molar-refractivity contribution in [1.29, 1.82) is 0 Å². The van der Waals surface area contributed by atoms with Gasteiger partial charge < -0.3 is 15.7 Å². The van der Waals surface area contributed by atoms with Gasteiger partial charge in [-0.15, -0.1) is 6.58 Å². The molecule has 0 saturated carbocycles. The lowest BCUT2D eigenvalue weighted by Crippen LogP contribution is -2.28. The third kappa shape index (κ3) is 3.56. The van der Waals surface area contributed by atoms with Crippen LogP contribution < -0.4 is 10.6 Å². The van der Waals surface area contributed by atoms with Gasteiger partial charge >= 0.3 is 0 Å². The first-order chi connectivity index (χ1) is 8.56. The zero-order chi connectivity index (χ0) is 13.5. The number of aromatic hydroxyl groups is 1. The van der Waals surface area contributed by atoms with E-state index in [0.717, 1.165) is 0 Å². The van der Waals surface area contributed by atoms with Gasteiger partial charge in [0.05, 0.1) is 11.5 Å². The first-order valence-corrected chi connectivity index (χ1v) is 5.14. The highest BCUT2D eigenvalue weighted by molar-refractivity contribution is 5.96. The van der Waals surface area contributed by atoms with E-state index in [0.29, 0.717) is 6.54 Å². The van der Waals surface area contributed by atoms with E-state index in [1.807, 2.05) is 0 Å². The largest absolute Gasteiger partial charge is 0.505 e. The lowest BCUT2D eigenvalue weighted by Gasteiger charge is -2.07. The molecule has 0 aromatic heterocycles. The van der Waals surface area contributed by atoms with Gasteiger partial charge in [0.25, 0.3) is 5.69 Å². The molecule has 0 aliphatic carbocycles. The smallest absolute Gasteiger partial charge is 0.296 e. The average Bonchev–Trinajstić information content (AvgIpc) is 2.31. The van der Waals surface area contributed by atoms with Crippen molar-refractivity contribution in [3.63, 3.8) is 0 Å². The molecule has 3 N–H and O–H groups in total. The molecule has 7 nitrogen and oxygen atoms in total. The number of nitro groups is 1. The van der Waals surface area contributed by atoms with Crippen LogP contribution in [0.15, 0.2) is 30.9 Å². The number of nitrogens with zero attached hydrogens (tertiary/aromatic N) is 1. The fourth-order valence-corrected chi connectivity index (χ4v) is 1.28. The van der Waals surface area contributed by atoms with Crippen LogP contribution >= 0.6 is 0 Å². The van der Waals surface area contributed by atoms with Crippen molar-refractivity contribution >= 4 is 17.3 Å². The molecular formula is C11H13N3O4. The van der Waals surface area contributed by atoms with Crippen LogP contribution in [0.4, 0.5) is 11.4 Å². The number of nitro benzene ring substituents is 1. The van der Waals surface area contributed by atoms with Crippen LogP contribution in [0.1, 0.15) is 0 Å². The highest BCUT2D eigenvalue weighted by Crippen LogP contribution is 2.32. The summed E-state index contributed by atoms with van der Waals surface area (Å²) in [4.78, 5) is 21.5. The monoisotopic (exact) mass is 251 g/mol. The molecule has 0 radical (unpaired) electrons.